The first-order valence-electron chi connectivity index (χ1n) is 6.86. The van der Waals surface area contributed by atoms with E-state index in [2.05, 4.69) is 10.2 Å². The summed E-state index contributed by atoms with van der Waals surface area (Å²) >= 11 is 0. The lowest BCUT2D eigenvalue weighted by atomic mass is 9.87. The molecule has 4 heteroatoms. The smallest absolute Gasteiger partial charge is 0.224 e. The van der Waals surface area contributed by atoms with Gasteiger partial charge in [0.15, 0.2) is 0 Å². The van der Waals surface area contributed by atoms with Crippen molar-refractivity contribution in [3.05, 3.63) is 0 Å². The second kappa shape index (κ2) is 4.58. The Labute approximate surface area is 103 Å². The number of hydrogen-bond donors (Lipinski definition) is 1. The molecule has 0 aromatic carbocycles. The van der Waals surface area contributed by atoms with Crippen molar-refractivity contribution in [1.82, 2.24) is 10.2 Å². The summed E-state index contributed by atoms with van der Waals surface area (Å²) in [5.41, 5.74) is 0.304. The largest absolute Gasteiger partial charge is 0.381 e. The van der Waals surface area contributed by atoms with Gasteiger partial charge in [-0.1, -0.05) is 0 Å². The molecule has 0 aliphatic carbocycles. The quantitative estimate of drug-likeness (QED) is 0.772. The first-order chi connectivity index (χ1) is 8.27. The monoisotopic (exact) mass is 238 g/mol. The third-order valence-corrected chi connectivity index (χ3v) is 4.56. The van der Waals surface area contributed by atoms with Crippen LogP contribution in [0.1, 0.15) is 32.1 Å². The van der Waals surface area contributed by atoms with Gasteiger partial charge in [-0.15, -0.1) is 0 Å². The summed E-state index contributed by atoms with van der Waals surface area (Å²) in [7, 11) is 0. The van der Waals surface area contributed by atoms with Gasteiger partial charge >= 0.3 is 0 Å². The number of nitrogens with zero attached hydrogens (tertiary/aromatic N) is 1. The predicted molar refractivity (Wildman–Crippen MR) is 64.7 cm³/mol. The molecule has 0 bridgehead atoms. The lowest BCUT2D eigenvalue weighted by Gasteiger charge is -2.23. The zero-order chi connectivity index (χ0) is 11.7. The van der Waals surface area contributed by atoms with Crippen molar-refractivity contribution < 1.29 is 9.53 Å². The molecule has 1 N–H and O–H groups in total. The summed E-state index contributed by atoms with van der Waals surface area (Å²) in [5.74, 6) is 0.341. The molecule has 96 valence electrons. The maximum absolute atomic E-state index is 12.2. The van der Waals surface area contributed by atoms with Crippen LogP contribution in [0.25, 0.3) is 0 Å². The van der Waals surface area contributed by atoms with Gasteiger partial charge in [0.2, 0.25) is 5.91 Å². The molecule has 2 unspecified atom stereocenters. The fourth-order valence-corrected chi connectivity index (χ4v) is 3.39. The van der Waals surface area contributed by atoms with E-state index in [9.17, 15) is 4.79 Å². The molecule has 3 aliphatic heterocycles. The van der Waals surface area contributed by atoms with Crippen molar-refractivity contribution in [2.75, 3.05) is 32.8 Å². The molecule has 0 aromatic rings. The highest BCUT2D eigenvalue weighted by Crippen LogP contribution is 2.38. The molecule has 3 saturated heterocycles. The van der Waals surface area contributed by atoms with Crippen molar-refractivity contribution >= 4 is 5.91 Å². The van der Waals surface area contributed by atoms with E-state index in [1.807, 2.05) is 0 Å². The molecule has 3 rings (SSSR count). The SMILES string of the molecule is O=C(CC1CCCN1)N1CCC2(CCOC2)C1. The molecule has 3 aliphatic rings. The zero-order valence-electron chi connectivity index (χ0n) is 10.4. The molecule has 0 radical (unpaired) electrons. The molecule has 2 atom stereocenters. The number of carbonyl (C=O) groups excluding carboxylic acids is 1. The van der Waals surface area contributed by atoms with Gasteiger partial charge in [0, 0.05) is 37.6 Å². The van der Waals surface area contributed by atoms with E-state index in [-0.39, 0.29) is 0 Å². The highest BCUT2D eigenvalue weighted by Gasteiger charge is 2.42. The molecule has 17 heavy (non-hydrogen) atoms. The number of amides is 1. The Kier molecular flexibility index (Phi) is 3.09. The number of nitrogens with one attached hydrogen (secondary N) is 1. The average molecular weight is 238 g/mol. The van der Waals surface area contributed by atoms with E-state index in [4.69, 9.17) is 4.74 Å². The third kappa shape index (κ3) is 2.33. The van der Waals surface area contributed by atoms with Crippen molar-refractivity contribution in [1.29, 1.82) is 0 Å². The zero-order valence-corrected chi connectivity index (χ0v) is 10.4. The second-order valence-corrected chi connectivity index (χ2v) is 5.87. The van der Waals surface area contributed by atoms with Crippen LogP contribution in [-0.4, -0.2) is 49.7 Å². The van der Waals surface area contributed by atoms with Crippen LogP contribution in [0.15, 0.2) is 0 Å². The standard InChI is InChI=1S/C13H22N2O2/c16-12(8-11-2-1-5-14-11)15-6-3-13(9-15)4-7-17-10-13/h11,14H,1-10H2. The highest BCUT2D eigenvalue weighted by atomic mass is 16.5. The lowest BCUT2D eigenvalue weighted by Crippen LogP contribution is -2.36. The van der Waals surface area contributed by atoms with Crippen LogP contribution in [0.3, 0.4) is 0 Å². The van der Waals surface area contributed by atoms with E-state index < -0.39 is 0 Å². The van der Waals surface area contributed by atoms with E-state index in [0.29, 0.717) is 23.8 Å². The minimum absolute atomic E-state index is 0.304. The fourth-order valence-electron chi connectivity index (χ4n) is 3.39. The van der Waals surface area contributed by atoms with Crippen molar-refractivity contribution in [3.63, 3.8) is 0 Å². The van der Waals surface area contributed by atoms with Gasteiger partial charge < -0.3 is 15.0 Å². The van der Waals surface area contributed by atoms with Gasteiger partial charge in [-0.2, -0.15) is 0 Å². The van der Waals surface area contributed by atoms with Gasteiger partial charge in [0.05, 0.1) is 6.61 Å². The maximum Gasteiger partial charge on any atom is 0.224 e. The van der Waals surface area contributed by atoms with Gasteiger partial charge in [0.25, 0.3) is 0 Å². The van der Waals surface area contributed by atoms with Crippen molar-refractivity contribution in [2.24, 2.45) is 5.41 Å². The van der Waals surface area contributed by atoms with Crippen molar-refractivity contribution in [3.8, 4) is 0 Å². The summed E-state index contributed by atoms with van der Waals surface area (Å²) in [5, 5.41) is 3.40. The number of carbonyl (C=O) groups is 1. The van der Waals surface area contributed by atoms with E-state index in [1.54, 1.807) is 0 Å². The Bertz CT molecular complexity index is 294. The second-order valence-electron chi connectivity index (χ2n) is 5.87. The molecule has 1 amide bonds. The predicted octanol–water partition coefficient (Wildman–Crippen LogP) is 0.767. The van der Waals surface area contributed by atoms with Gasteiger partial charge in [0.1, 0.15) is 0 Å². The van der Waals surface area contributed by atoms with E-state index in [0.717, 1.165) is 52.1 Å². The number of rotatable bonds is 2. The number of hydrogen-bond acceptors (Lipinski definition) is 3. The molecule has 1 spiro atoms. The molecule has 4 nitrogen and oxygen atoms in total. The minimum atomic E-state index is 0.304. The van der Waals surface area contributed by atoms with Crippen LogP contribution < -0.4 is 5.32 Å². The van der Waals surface area contributed by atoms with Crippen LogP contribution >= 0.6 is 0 Å². The number of likely N-dealkylation sites (tertiary alicyclic amines) is 1. The summed E-state index contributed by atoms with van der Waals surface area (Å²) in [6.07, 6.45) is 5.34. The van der Waals surface area contributed by atoms with Gasteiger partial charge in [-0.05, 0) is 32.2 Å². The maximum atomic E-state index is 12.2. The molecule has 0 saturated carbocycles. The molecular weight excluding hydrogens is 216 g/mol. The Hall–Kier alpha value is -0.610. The summed E-state index contributed by atoms with van der Waals surface area (Å²) < 4.78 is 5.49. The molecule has 0 aromatic heterocycles. The minimum Gasteiger partial charge on any atom is -0.381 e. The normalized spacial score (nSPS) is 37.2. The Morgan fingerprint density at radius 2 is 2.41 bits per heavy atom. The van der Waals surface area contributed by atoms with Crippen LogP contribution in [0.4, 0.5) is 0 Å². The summed E-state index contributed by atoms with van der Waals surface area (Å²) in [4.78, 5) is 14.3. The first kappa shape index (κ1) is 11.5. The van der Waals surface area contributed by atoms with Crippen LogP contribution in [0, 0.1) is 5.41 Å². The molecule has 3 fully saturated rings. The highest BCUT2D eigenvalue weighted by molar-refractivity contribution is 5.77. The van der Waals surface area contributed by atoms with Crippen LogP contribution in [0.5, 0.6) is 0 Å². The number of ether oxygens (including phenoxy) is 1. The lowest BCUT2D eigenvalue weighted by molar-refractivity contribution is -0.131. The fraction of sp³-hybridized carbons (Fsp3) is 0.923. The Morgan fingerprint density at radius 1 is 1.47 bits per heavy atom. The molecular formula is C13H22N2O2. The van der Waals surface area contributed by atoms with E-state index >= 15 is 0 Å². The van der Waals surface area contributed by atoms with E-state index in [1.165, 1.54) is 6.42 Å². The summed E-state index contributed by atoms with van der Waals surface area (Å²) in [6.45, 7) is 4.69. The first-order valence-corrected chi connectivity index (χ1v) is 6.86. The van der Waals surface area contributed by atoms with Gasteiger partial charge in [-0.25, -0.2) is 0 Å². The Balaban J connectivity index is 1.53. The van der Waals surface area contributed by atoms with Crippen LogP contribution in [0.2, 0.25) is 0 Å². The van der Waals surface area contributed by atoms with Crippen LogP contribution in [-0.2, 0) is 9.53 Å². The van der Waals surface area contributed by atoms with Crippen molar-refractivity contribution in [2.45, 2.75) is 38.1 Å². The topological polar surface area (TPSA) is 41.6 Å². The Morgan fingerprint density at radius 3 is 3.12 bits per heavy atom. The molecule has 3 heterocycles. The summed E-state index contributed by atoms with van der Waals surface area (Å²) in [6, 6.07) is 0.430. The van der Waals surface area contributed by atoms with Gasteiger partial charge in [-0.3, -0.25) is 4.79 Å². The third-order valence-electron chi connectivity index (χ3n) is 4.56. The average Bonchev–Trinajstić information content (AvgIpc) is 3.03.